The van der Waals surface area contributed by atoms with E-state index in [-0.39, 0.29) is 5.75 Å². The monoisotopic (exact) mass is 512 g/mol. The van der Waals surface area contributed by atoms with Gasteiger partial charge < -0.3 is 19.9 Å². The Morgan fingerprint density at radius 1 is 1.30 bits per heavy atom. The molecule has 0 radical (unpaired) electrons. The maximum absolute atomic E-state index is 15.4. The van der Waals surface area contributed by atoms with Crippen molar-refractivity contribution in [2.75, 3.05) is 18.5 Å². The van der Waals surface area contributed by atoms with E-state index in [1.165, 1.54) is 6.07 Å². The topological polar surface area (TPSA) is 98.0 Å². The second-order valence-corrected chi connectivity index (χ2v) is 11.1. The summed E-state index contributed by atoms with van der Waals surface area (Å²) in [4.78, 5) is 17.3. The van der Waals surface area contributed by atoms with Crippen LogP contribution < -0.4 is 10.1 Å². The van der Waals surface area contributed by atoms with Crippen LogP contribution >= 0.6 is 0 Å². The molecule has 1 aliphatic heterocycles. The molecule has 1 aliphatic rings. The van der Waals surface area contributed by atoms with E-state index in [9.17, 15) is 9.90 Å². The number of benzene rings is 1. The summed E-state index contributed by atoms with van der Waals surface area (Å²) in [6, 6.07) is 3.24. The minimum absolute atomic E-state index is 0.272. The zero-order valence-electron chi connectivity index (χ0n) is 22.7. The third-order valence-corrected chi connectivity index (χ3v) is 6.51. The number of carbonyl (C=O) groups is 1. The molecule has 0 aliphatic carbocycles. The van der Waals surface area contributed by atoms with Crippen molar-refractivity contribution in [1.29, 1.82) is 0 Å². The highest BCUT2D eigenvalue weighted by molar-refractivity contribution is 5.82. The summed E-state index contributed by atoms with van der Waals surface area (Å²) < 4.78 is 28.7. The summed E-state index contributed by atoms with van der Waals surface area (Å²) in [5, 5.41) is 18.3. The van der Waals surface area contributed by atoms with Crippen molar-refractivity contribution < 1.29 is 23.8 Å². The molecule has 3 heterocycles. The third kappa shape index (κ3) is 5.56. The number of halogens is 1. The van der Waals surface area contributed by atoms with E-state index in [1.807, 2.05) is 13.0 Å². The number of nitrogens with zero attached hydrogens (tertiary/aromatic N) is 3. The lowest BCUT2D eigenvalue weighted by Gasteiger charge is -2.28. The van der Waals surface area contributed by atoms with Crippen molar-refractivity contribution in [2.24, 2.45) is 5.92 Å². The molecular formula is C28H37FN4O4. The van der Waals surface area contributed by atoms with Crippen LogP contribution in [0.4, 0.5) is 10.2 Å². The van der Waals surface area contributed by atoms with E-state index in [4.69, 9.17) is 19.6 Å². The van der Waals surface area contributed by atoms with Gasteiger partial charge in [0, 0.05) is 35.0 Å². The molecule has 2 N–H and O–H groups in total. The van der Waals surface area contributed by atoms with Gasteiger partial charge in [-0.1, -0.05) is 13.8 Å². The Hall–Kier alpha value is -3.20. The fraction of sp³-hybridized carbons (Fsp3) is 0.536. The van der Waals surface area contributed by atoms with Crippen molar-refractivity contribution in [3.05, 3.63) is 40.3 Å². The first-order chi connectivity index (χ1) is 17.4. The number of anilines is 1. The Morgan fingerprint density at radius 2 is 2.03 bits per heavy atom. The summed E-state index contributed by atoms with van der Waals surface area (Å²) in [7, 11) is 0. The highest BCUT2D eigenvalue weighted by atomic mass is 19.1. The van der Waals surface area contributed by atoms with Crippen LogP contribution in [0.15, 0.2) is 12.1 Å². The lowest BCUT2D eigenvalue weighted by molar-refractivity contribution is -0.160. The van der Waals surface area contributed by atoms with Crippen molar-refractivity contribution >= 4 is 17.4 Å². The largest absolute Gasteiger partial charge is 0.490 e. The SMILES string of the molecule is Cc1nc2cc(NCCC(C)C)nn2c(-c2cc(F)c3c(c2C)CCCO3)c1[C@H](OC(C)(C)C)C(=O)O. The Labute approximate surface area is 217 Å². The quantitative estimate of drug-likeness (QED) is 0.389. The first-order valence-corrected chi connectivity index (χ1v) is 12.9. The highest BCUT2D eigenvalue weighted by Gasteiger charge is 2.34. The summed E-state index contributed by atoms with van der Waals surface area (Å²) in [6.07, 6.45) is 1.10. The number of carboxylic acids is 1. The van der Waals surface area contributed by atoms with Crippen molar-refractivity contribution in [3.63, 3.8) is 0 Å². The van der Waals surface area contributed by atoms with Crippen LogP contribution in [0.3, 0.4) is 0 Å². The van der Waals surface area contributed by atoms with E-state index in [2.05, 4.69) is 19.2 Å². The molecule has 4 rings (SSSR count). The number of aryl methyl sites for hydroxylation is 1. The van der Waals surface area contributed by atoms with Gasteiger partial charge in [-0.05, 0) is 71.4 Å². The predicted octanol–water partition coefficient (Wildman–Crippen LogP) is 5.88. The van der Waals surface area contributed by atoms with Crippen LogP contribution in [0.25, 0.3) is 16.9 Å². The maximum atomic E-state index is 15.4. The van der Waals surface area contributed by atoms with Gasteiger partial charge in [0.05, 0.1) is 17.9 Å². The van der Waals surface area contributed by atoms with Crippen LogP contribution in [-0.4, -0.2) is 44.4 Å². The second kappa shape index (κ2) is 10.3. The average molecular weight is 513 g/mol. The summed E-state index contributed by atoms with van der Waals surface area (Å²) >= 11 is 0. The molecule has 8 nitrogen and oxygen atoms in total. The molecule has 1 atom stereocenters. The third-order valence-electron chi connectivity index (χ3n) is 6.51. The molecular weight excluding hydrogens is 475 g/mol. The van der Waals surface area contributed by atoms with Crippen LogP contribution in [-0.2, 0) is 16.0 Å². The van der Waals surface area contributed by atoms with Gasteiger partial charge in [-0.25, -0.2) is 18.7 Å². The first kappa shape index (κ1) is 26.9. The Kier molecular flexibility index (Phi) is 7.46. The van der Waals surface area contributed by atoms with Gasteiger partial charge in [0.25, 0.3) is 0 Å². The maximum Gasteiger partial charge on any atom is 0.337 e. The fourth-order valence-corrected chi connectivity index (χ4v) is 4.77. The number of aromatic nitrogens is 3. The van der Waals surface area contributed by atoms with Crippen molar-refractivity contribution in [2.45, 2.75) is 79.4 Å². The molecule has 37 heavy (non-hydrogen) atoms. The number of ether oxygens (including phenoxy) is 2. The van der Waals surface area contributed by atoms with E-state index in [0.717, 1.165) is 30.5 Å². The van der Waals surface area contributed by atoms with Gasteiger partial charge in [-0.3, -0.25) is 0 Å². The first-order valence-electron chi connectivity index (χ1n) is 12.9. The molecule has 2 aromatic heterocycles. The van der Waals surface area contributed by atoms with E-state index in [0.29, 0.717) is 52.9 Å². The zero-order chi connectivity index (χ0) is 27.1. The molecule has 0 saturated carbocycles. The minimum Gasteiger partial charge on any atom is -0.490 e. The van der Waals surface area contributed by atoms with Crippen LogP contribution in [0.1, 0.15) is 75.9 Å². The van der Waals surface area contributed by atoms with E-state index >= 15 is 4.39 Å². The van der Waals surface area contributed by atoms with E-state index < -0.39 is 23.5 Å². The molecule has 1 aromatic carbocycles. The lowest BCUT2D eigenvalue weighted by atomic mass is 9.91. The fourth-order valence-electron chi connectivity index (χ4n) is 4.77. The Morgan fingerprint density at radius 3 is 2.68 bits per heavy atom. The van der Waals surface area contributed by atoms with Crippen LogP contribution in [0.2, 0.25) is 0 Å². The molecule has 0 unspecified atom stereocenters. The van der Waals surface area contributed by atoms with Gasteiger partial charge in [0.15, 0.2) is 29.1 Å². The standard InChI is InChI=1S/C28H37FN4O4/c1-15(2)10-11-30-21-14-22-31-17(4)23(26(27(34)35)37-28(5,6)7)24(33(22)32-21)19-13-20(29)25-18(16(19)3)9-8-12-36-25/h13-15,26H,8-12H2,1-7H3,(H,30,32)(H,34,35)/t26-/m0/s1. The van der Waals surface area contributed by atoms with Gasteiger partial charge in [0.2, 0.25) is 0 Å². The summed E-state index contributed by atoms with van der Waals surface area (Å²) in [5.41, 5.74) is 3.26. The molecule has 0 spiro atoms. The molecule has 9 heteroatoms. The molecule has 0 amide bonds. The number of fused-ring (bicyclic) bond motifs is 2. The van der Waals surface area contributed by atoms with Crippen LogP contribution in [0.5, 0.6) is 5.75 Å². The average Bonchev–Trinajstić information content (AvgIpc) is 3.20. The predicted molar refractivity (Wildman–Crippen MR) is 141 cm³/mol. The lowest BCUT2D eigenvalue weighted by Crippen LogP contribution is -2.29. The summed E-state index contributed by atoms with van der Waals surface area (Å²) in [5.74, 6) is -0.208. The number of aliphatic carboxylic acids is 1. The van der Waals surface area contributed by atoms with Crippen LogP contribution in [0, 0.1) is 25.6 Å². The van der Waals surface area contributed by atoms with Gasteiger partial charge in [-0.15, -0.1) is 5.10 Å². The molecule has 3 aromatic rings. The van der Waals surface area contributed by atoms with Gasteiger partial charge in [0.1, 0.15) is 0 Å². The number of carboxylic acid groups (broad SMARTS) is 1. The zero-order valence-corrected chi connectivity index (χ0v) is 22.7. The number of hydrogen-bond donors (Lipinski definition) is 2. The number of rotatable bonds is 8. The molecule has 0 bridgehead atoms. The highest BCUT2D eigenvalue weighted by Crippen LogP contribution is 2.41. The second-order valence-electron chi connectivity index (χ2n) is 11.1. The summed E-state index contributed by atoms with van der Waals surface area (Å²) in [6.45, 7) is 14.6. The molecule has 0 saturated heterocycles. The van der Waals surface area contributed by atoms with E-state index in [1.54, 1.807) is 32.2 Å². The number of nitrogens with one attached hydrogen (secondary N) is 1. The van der Waals surface area contributed by atoms with Gasteiger partial charge >= 0.3 is 5.97 Å². The van der Waals surface area contributed by atoms with Gasteiger partial charge in [-0.2, -0.15) is 0 Å². The minimum atomic E-state index is -1.33. The molecule has 0 fully saturated rings. The van der Waals surface area contributed by atoms with Crippen molar-refractivity contribution in [1.82, 2.24) is 14.6 Å². The Balaban J connectivity index is 2.00. The van der Waals surface area contributed by atoms with Crippen molar-refractivity contribution in [3.8, 4) is 17.0 Å². The molecule has 200 valence electrons. The number of hydrogen-bond acceptors (Lipinski definition) is 6. The smallest absolute Gasteiger partial charge is 0.337 e. The normalized spacial score (nSPS) is 14.5. The Bertz CT molecular complexity index is 1330.